The van der Waals surface area contributed by atoms with E-state index in [-0.39, 0.29) is 0 Å². The molecule has 0 saturated carbocycles. The van der Waals surface area contributed by atoms with Crippen LogP contribution in [0.3, 0.4) is 0 Å². The van der Waals surface area contributed by atoms with Crippen molar-refractivity contribution in [1.29, 1.82) is 0 Å². The molecule has 8 nitrogen and oxygen atoms in total. The second kappa shape index (κ2) is 3.99. The van der Waals surface area contributed by atoms with Crippen molar-refractivity contribution in [2.45, 2.75) is 6.54 Å². The maximum absolute atomic E-state index is 5.57. The molecule has 3 heterocycles. The average molecular weight is 245 g/mol. The van der Waals surface area contributed by atoms with E-state index >= 15 is 0 Å². The monoisotopic (exact) mass is 245 g/mol. The summed E-state index contributed by atoms with van der Waals surface area (Å²) in [5, 5.41) is 7.95. The molecular weight excluding hydrogens is 234 g/mol. The summed E-state index contributed by atoms with van der Waals surface area (Å²) in [5.41, 5.74) is 6.97. The van der Waals surface area contributed by atoms with Gasteiger partial charge in [-0.05, 0) is 0 Å². The van der Waals surface area contributed by atoms with Crippen LogP contribution in [0.5, 0.6) is 0 Å². The van der Waals surface area contributed by atoms with Gasteiger partial charge in [0.2, 0.25) is 11.7 Å². The van der Waals surface area contributed by atoms with E-state index in [2.05, 4.69) is 20.2 Å². The molecule has 3 rings (SSSR count). The molecule has 18 heavy (non-hydrogen) atoms. The van der Waals surface area contributed by atoms with Gasteiger partial charge < -0.3 is 14.8 Å². The zero-order valence-electron chi connectivity index (χ0n) is 9.69. The number of imidazole rings is 1. The summed E-state index contributed by atoms with van der Waals surface area (Å²) in [5.74, 6) is 0.972. The van der Waals surface area contributed by atoms with Crippen LogP contribution in [-0.2, 0) is 13.6 Å². The van der Waals surface area contributed by atoms with Crippen molar-refractivity contribution in [3.63, 3.8) is 0 Å². The van der Waals surface area contributed by atoms with Gasteiger partial charge in [0.05, 0.1) is 24.4 Å². The Kier molecular flexibility index (Phi) is 2.33. The Morgan fingerprint density at radius 3 is 2.94 bits per heavy atom. The van der Waals surface area contributed by atoms with E-state index in [0.717, 1.165) is 5.69 Å². The third kappa shape index (κ3) is 1.83. The van der Waals surface area contributed by atoms with Gasteiger partial charge in [-0.25, -0.2) is 4.98 Å². The van der Waals surface area contributed by atoms with E-state index in [4.69, 9.17) is 10.3 Å². The minimum atomic E-state index is 0.391. The molecule has 0 aliphatic heterocycles. The van der Waals surface area contributed by atoms with Crippen molar-refractivity contribution in [1.82, 2.24) is 29.5 Å². The third-order valence-electron chi connectivity index (χ3n) is 2.46. The molecule has 0 spiro atoms. The third-order valence-corrected chi connectivity index (χ3v) is 2.46. The Morgan fingerprint density at radius 2 is 2.28 bits per heavy atom. The Labute approximate surface area is 102 Å². The summed E-state index contributed by atoms with van der Waals surface area (Å²) in [6, 6.07) is 0. The Balaban J connectivity index is 1.84. The van der Waals surface area contributed by atoms with Gasteiger partial charge in [0.25, 0.3) is 0 Å². The van der Waals surface area contributed by atoms with Crippen molar-refractivity contribution < 1.29 is 4.52 Å². The molecule has 3 aromatic rings. The highest BCUT2D eigenvalue weighted by Gasteiger charge is 2.12. The van der Waals surface area contributed by atoms with Crippen molar-refractivity contribution in [2.24, 2.45) is 7.05 Å². The number of nitrogens with zero attached hydrogens (tertiary/aromatic N) is 6. The number of aromatic nitrogens is 6. The van der Waals surface area contributed by atoms with Crippen molar-refractivity contribution in [2.75, 3.05) is 5.73 Å². The van der Waals surface area contributed by atoms with E-state index in [1.165, 1.54) is 0 Å². The molecule has 0 aliphatic carbocycles. The van der Waals surface area contributed by atoms with Crippen LogP contribution in [0.25, 0.3) is 11.5 Å². The Bertz CT molecular complexity index is 665. The summed E-state index contributed by atoms with van der Waals surface area (Å²) in [6.07, 6.45) is 6.63. The predicted molar refractivity (Wildman–Crippen MR) is 62.2 cm³/mol. The topological polar surface area (TPSA) is 101 Å². The fourth-order valence-electron chi connectivity index (χ4n) is 1.60. The highest BCUT2D eigenvalue weighted by molar-refractivity contribution is 5.47. The number of anilines is 1. The first-order valence-corrected chi connectivity index (χ1v) is 5.29. The molecule has 2 N–H and O–H groups in total. The number of nitrogens with two attached hydrogens (primary N) is 1. The summed E-state index contributed by atoms with van der Waals surface area (Å²) in [7, 11) is 1.87. The van der Waals surface area contributed by atoms with Crippen LogP contribution in [0.15, 0.2) is 29.4 Å². The highest BCUT2D eigenvalue weighted by atomic mass is 16.5. The van der Waals surface area contributed by atoms with E-state index in [9.17, 15) is 0 Å². The lowest BCUT2D eigenvalue weighted by Gasteiger charge is -1.94. The van der Waals surface area contributed by atoms with E-state index in [1.807, 2.05) is 11.6 Å². The van der Waals surface area contributed by atoms with Crippen LogP contribution in [-0.4, -0.2) is 29.5 Å². The lowest BCUT2D eigenvalue weighted by molar-refractivity contribution is 0.366. The fourth-order valence-corrected chi connectivity index (χ4v) is 1.60. The molecule has 3 aromatic heterocycles. The smallest absolute Gasteiger partial charge is 0.248 e. The minimum Gasteiger partial charge on any atom is -0.396 e. The van der Waals surface area contributed by atoms with E-state index < -0.39 is 0 Å². The van der Waals surface area contributed by atoms with Crippen LogP contribution < -0.4 is 5.73 Å². The molecular formula is C10H11N7O. The molecule has 0 aromatic carbocycles. The maximum atomic E-state index is 5.57. The zero-order chi connectivity index (χ0) is 12.5. The minimum absolute atomic E-state index is 0.391. The molecule has 92 valence electrons. The molecule has 0 amide bonds. The van der Waals surface area contributed by atoms with Gasteiger partial charge in [0.1, 0.15) is 12.2 Å². The molecule has 0 atom stereocenters. The van der Waals surface area contributed by atoms with Gasteiger partial charge in [-0.15, -0.1) is 0 Å². The number of rotatable bonds is 3. The second-order valence-electron chi connectivity index (χ2n) is 3.87. The standard InChI is InChI=1S/C10H11N7O/c1-16-6-12-3-8(16)10-14-9(18-15-10)5-17-4-7(11)2-13-17/h2-4,6H,5,11H2,1H3. The normalized spacial score (nSPS) is 10.9. The summed E-state index contributed by atoms with van der Waals surface area (Å²) < 4.78 is 8.61. The van der Waals surface area contributed by atoms with Gasteiger partial charge in [-0.2, -0.15) is 10.1 Å². The van der Waals surface area contributed by atoms with Gasteiger partial charge >= 0.3 is 0 Å². The van der Waals surface area contributed by atoms with Crippen molar-refractivity contribution in [3.8, 4) is 11.5 Å². The second-order valence-corrected chi connectivity index (χ2v) is 3.87. The number of hydrogen-bond acceptors (Lipinski definition) is 6. The van der Waals surface area contributed by atoms with Gasteiger partial charge in [0.15, 0.2) is 0 Å². The van der Waals surface area contributed by atoms with E-state index in [0.29, 0.717) is 23.9 Å². The molecule has 0 bridgehead atoms. The van der Waals surface area contributed by atoms with Crippen LogP contribution in [0.4, 0.5) is 5.69 Å². The zero-order valence-corrected chi connectivity index (χ0v) is 9.69. The predicted octanol–water partition coefficient (Wildman–Crippen LogP) is 0.297. The number of aryl methyl sites for hydroxylation is 1. The molecule has 8 heteroatoms. The van der Waals surface area contributed by atoms with Crippen molar-refractivity contribution in [3.05, 3.63) is 30.8 Å². The maximum Gasteiger partial charge on any atom is 0.248 e. The van der Waals surface area contributed by atoms with Crippen LogP contribution in [0, 0.1) is 0 Å². The summed E-state index contributed by atoms with van der Waals surface area (Å²) >= 11 is 0. The first-order chi connectivity index (χ1) is 8.72. The van der Waals surface area contributed by atoms with E-state index in [1.54, 1.807) is 29.6 Å². The molecule has 0 fully saturated rings. The van der Waals surface area contributed by atoms with Gasteiger partial charge in [0, 0.05) is 13.2 Å². The Hall–Kier alpha value is -2.64. The quantitative estimate of drug-likeness (QED) is 0.712. The fraction of sp³-hybridized carbons (Fsp3) is 0.200. The SMILES string of the molecule is Cn1cncc1-c1noc(Cn2cc(N)cn2)n1. The number of hydrogen-bond donors (Lipinski definition) is 1. The molecule has 0 saturated heterocycles. The summed E-state index contributed by atoms with van der Waals surface area (Å²) in [4.78, 5) is 8.28. The first kappa shape index (κ1) is 10.5. The molecule has 0 aliphatic rings. The van der Waals surface area contributed by atoms with Gasteiger partial charge in [-0.3, -0.25) is 4.68 Å². The van der Waals surface area contributed by atoms with Crippen LogP contribution >= 0.6 is 0 Å². The largest absolute Gasteiger partial charge is 0.396 e. The van der Waals surface area contributed by atoms with Crippen molar-refractivity contribution >= 4 is 5.69 Å². The van der Waals surface area contributed by atoms with Crippen LogP contribution in [0.1, 0.15) is 5.89 Å². The lowest BCUT2D eigenvalue weighted by Crippen LogP contribution is -2.00. The van der Waals surface area contributed by atoms with Gasteiger partial charge in [-0.1, -0.05) is 5.16 Å². The first-order valence-electron chi connectivity index (χ1n) is 5.29. The Morgan fingerprint density at radius 1 is 1.39 bits per heavy atom. The number of nitrogen functional groups attached to an aromatic ring is 1. The lowest BCUT2D eigenvalue weighted by atomic mass is 10.4. The average Bonchev–Trinajstić information content (AvgIpc) is 3.02. The molecule has 0 radical (unpaired) electrons. The summed E-state index contributed by atoms with van der Waals surface area (Å²) in [6.45, 7) is 0.391. The highest BCUT2D eigenvalue weighted by Crippen LogP contribution is 2.14. The molecule has 0 unspecified atom stereocenters. The van der Waals surface area contributed by atoms with Crippen LogP contribution in [0.2, 0.25) is 0 Å².